The van der Waals surface area contributed by atoms with Gasteiger partial charge in [0.15, 0.2) is 0 Å². The number of rotatable bonds is 8. The zero-order valence-electron chi connectivity index (χ0n) is 19.7. The molecule has 32 heavy (non-hydrogen) atoms. The molecule has 0 saturated carbocycles. The summed E-state index contributed by atoms with van der Waals surface area (Å²) in [5.74, 6) is 0.214. The molecule has 2 saturated heterocycles. The van der Waals surface area contributed by atoms with E-state index in [9.17, 15) is 4.79 Å². The highest BCUT2D eigenvalue weighted by atomic mass is 32.1. The van der Waals surface area contributed by atoms with Gasteiger partial charge in [-0.15, -0.1) is 10.2 Å². The molecule has 4 rings (SSSR count). The topological polar surface area (TPSA) is 69.5 Å². The summed E-state index contributed by atoms with van der Waals surface area (Å²) in [7, 11) is 0. The van der Waals surface area contributed by atoms with E-state index in [0.29, 0.717) is 0 Å². The molecule has 0 aromatic carbocycles. The van der Waals surface area contributed by atoms with Crippen LogP contribution in [0.4, 0.5) is 5.13 Å². The maximum atomic E-state index is 12.8. The van der Waals surface area contributed by atoms with E-state index in [1.54, 1.807) is 11.3 Å². The van der Waals surface area contributed by atoms with Crippen LogP contribution in [0.3, 0.4) is 0 Å². The first-order valence-corrected chi connectivity index (χ1v) is 12.8. The van der Waals surface area contributed by atoms with E-state index < -0.39 is 0 Å². The van der Waals surface area contributed by atoms with Crippen molar-refractivity contribution < 1.29 is 4.79 Å². The lowest BCUT2D eigenvalue weighted by Gasteiger charge is -2.34. The summed E-state index contributed by atoms with van der Waals surface area (Å²) in [4.78, 5) is 20.0. The van der Waals surface area contributed by atoms with Gasteiger partial charge < -0.3 is 20.0 Å². The number of carbonyl (C=O) groups excluding carboxylic acids is 1. The molecule has 2 aromatic rings. The summed E-state index contributed by atoms with van der Waals surface area (Å²) < 4.78 is 2.14. The highest BCUT2D eigenvalue weighted by Gasteiger charge is 2.28. The summed E-state index contributed by atoms with van der Waals surface area (Å²) in [5.41, 5.74) is 2.32. The molecule has 0 bridgehead atoms. The Hall–Kier alpha value is -1.97. The van der Waals surface area contributed by atoms with E-state index in [1.807, 2.05) is 0 Å². The van der Waals surface area contributed by atoms with Gasteiger partial charge in [0, 0.05) is 57.2 Å². The van der Waals surface area contributed by atoms with Crippen LogP contribution in [0.2, 0.25) is 0 Å². The number of hydrogen-bond donors (Lipinski definition) is 1. The number of amides is 1. The first-order chi connectivity index (χ1) is 15.5. The van der Waals surface area contributed by atoms with Crippen LogP contribution in [0.15, 0.2) is 12.1 Å². The van der Waals surface area contributed by atoms with Gasteiger partial charge in [0.2, 0.25) is 16.2 Å². The number of likely N-dealkylation sites (N-methyl/N-ethyl adjacent to an activating group) is 1. The van der Waals surface area contributed by atoms with Crippen molar-refractivity contribution in [2.45, 2.75) is 40.0 Å². The van der Waals surface area contributed by atoms with E-state index in [0.717, 1.165) is 99.8 Å². The Morgan fingerprint density at radius 2 is 1.75 bits per heavy atom. The second-order valence-corrected chi connectivity index (χ2v) is 9.96. The third kappa shape index (κ3) is 5.50. The molecule has 9 heteroatoms. The fourth-order valence-corrected chi connectivity index (χ4v) is 5.75. The van der Waals surface area contributed by atoms with Crippen molar-refractivity contribution in [2.24, 2.45) is 5.92 Å². The monoisotopic (exact) mass is 459 g/mol. The smallest absolute Gasteiger partial charge is 0.224 e. The van der Waals surface area contributed by atoms with Gasteiger partial charge >= 0.3 is 0 Å². The largest absolute Gasteiger partial charge is 0.356 e. The number of nitrogens with zero attached hydrogens (tertiary/aromatic N) is 6. The highest BCUT2D eigenvalue weighted by molar-refractivity contribution is 7.17. The average molecular weight is 460 g/mol. The summed E-state index contributed by atoms with van der Waals surface area (Å²) in [6.45, 7) is 15.7. The van der Waals surface area contributed by atoms with Crippen LogP contribution >= 0.6 is 11.3 Å². The Labute approximate surface area is 195 Å². The molecule has 2 aliphatic heterocycles. The quantitative estimate of drug-likeness (QED) is 0.611. The van der Waals surface area contributed by atoms with Gasteiger partial charge in [0.05, 0.1) is 5.92 Å². The van der Waals surface area contributed by atoms with Crippen LogP contribution in [0.1, 0.15) is 37.6 Å². The number of hydrogen-bond acceptors (Lipinski definition) is 7. The zero-order chi connectivity index (χ0) is 22.5. The van der Waals surface area contributed by atoms with Crippen LogP contribution in [0.25, 0.3) is 5.13 Å². The molecular formula is C23H37N7OS. The molecule has 176 valence electrons. The number of nitrogens with one attached hydrogen (secondary N) is 1. The average Bonchev–Trinajstić information content (AvgIpc) is 3.43. The van der Waals surface area contributed by atoms with Crippen LogP contribution in [0.5, 0.6) is 0 Å². The van der Waals surface area contributed by atoms with Crippen molar-refractivity contribution >= 4 is 22.4 Å². The maximum Gasteiger partial charge on any atom is 0.224 e. The van der Waals surface area contributed by atoms with Gasteiger partial charge in [-0.25, -0.2) is 0 Å². The molecule has 2 aliphatic rings. The van der Waals surface area contributed by atoms with Gasteiger partial charge in [0.25, 0.3) is 0 Å². The van der Waals surface area contributed by atoms with Crippen LogP contribution in [-0.4, -0.2) is 89.4 Å². The number of aryl methyl sites for hydroxylation is 2. The summed E-state index contributed by atoms with van der Waals surface area (Å²) in [5, 5.41) is 13.9. The number of anilines is 1. The Morgan fingerprint density at radius 1 is 1.06 bits per heavy atom. The van der Waals surface area contributed by atoms with Crippen molar-refractivity contribution in [3.63, 3.8) is 0 Å². The minimum Gasteiger partial charge on any atom is -0.356 e. The lowest BCUT2D eigenvalue weighted by Crippen LogP contribution is -2.47. The standard InChI is InChI=1S/C23H37N7OS/c1-4-27-13-15-28(16-14-27)11-6-10-24-21(31)20-7-5-12-29(17-20)22-25-26-23(32-22)30-18(2)8-9-19(30)3/h8-9,20H,4-7,10-17H2,1-3H3,(H,24,31)/t20-/m0/s1. The van der Waals surface area contributed by atoms with Crippen molar-refractivity contribution in [2.75, 3.05) is 63.8 Å². The van der Waals surface area contributed by atoms with Gasteiger partial charge in [0.1, 0.15) is 0 Å². The lowest BCUT2D eigenvalue weighted by molar-refractivity contribution is -0.125. The fraction of sp³-hybridized carbons (Fsp3) is 0.696. The number of carbonyl (C=O) groups is 1. The van der Waals surface area contributed by atoms with E-state index in [4.69, 9.17) is 0 Å². The van der Waals surface area contributed by atoms with Crippen molar-refractivity contribution in [1.82, 2.24) is 29.9 Å². The van der Waals surface area contributed by atoms with E-state index in [2.05, 4.69) is 67.7 Å². The predicted octanol–water partition coefficient (Wildman–Crippen LogP) is 2.31. The molecule has 8 nitrogen and oxygen atoms in total. The highest BCUT2D eigenvalue weighted by Crippen LogP contribution is 2.29. The fourth-order valence-electron chi connectivity index (χ4n) is 4.75. The molecule has 1 N–H and O–H groups in total. The van der Waals surface area contributed by atoms with Crippen molar-refractivity contribution in [3.8, 4) is 5.13 Å². The lowest BCUT2D eigenvalue weighted by atomic mass is 9.97. The third-order valence-corrected chi connectivity index (χ3v) is 7.76. The Morgan fingerprint density at radius 3 is 2.47 bits per heavy atom. The van der Waals surface area contributed by atoms with Crippen molar-refractivity contribution in [1.29, 1.82) is 0 Å². The summed E-state index contributed by atoms with van der Waals surface area (Å²) in [6.07, 6.45) is 2.97. The Kier molecular flexibility index (Phi) is 7.80. The second-order valence-electron chi connectivity index (χ2n) is 9.02. The first kappa shape index (κ1) is 23.2. The molecule has 1 atom stereocenters. The number of aromatic nitrogens is 3. The third-order valence-electron chi connectivity index (χ3n) is 6.79. The number of piperidine rings is 1. The maximum absolute atomic E-state index is 12.8. The second kappa shape index (κ2) is 10.8. The Bertz CT molecular complexity index is 867. The summed E-state index contributed by atoms with van der Waals surface area (Å²) in [6, 6.07) is 4.20. The van der Waals surface area contributed by atoms with Gasteiger partial charge in [-0.2, -0.15) is 0 Å². The molecule has 2 aromatic heterocycles. The molecule has 0 unspecified atom stereocenters. The van der Waals surface area contributed by atoms with Crippen LogP contribution in [0, 0.1) is 19.8 Å². The van der Waals surface area contributed by atoms with E-state index in [1.165, 1.54) is 0 Å². The zero-order valence-corrected chi connectivity index (χ0v) is 20.5. The van der Waals surface area contributed by atoms with Gasteiger partial charge in [-0.3, -0.25) is 9.36 Å². The van der Waals surface area contributed by atoms with Crippen LogP contribution in [-0.2, 0) is 4.79 Å². The SMILES string of the molecule is CCN1CCN(CCCNC(=O)[C@H]2CCCN(c3nnc(-n4c(C)ccc4C)s3)C2)CC1. The minimum absolute atomic E-state index is 0.0271. The van der Waals surface area contributed by atoms with E-state index in [-0.39, 0.29) is 11.8 Å². The molecule has 4 heterocycles. The molecule has 0 radical (unpaired) electrons. The first-order valence-electron chi connectivity index (χ1n) is 12.0. The summed E-state index contributed by atoms with van der Waals surface area (Å²) >= 11 is 1.60. The molecule has 1 amide bonds. The van der Waals surface area contributed by atoms with Crippen molar-refractivity contribution in [3.05, 3.63) is 23.5 Å². The minimum atomic E-state index is 0.0271. The van der Waals surface area contributed by atoms with E-state index >= 15 is 0 Å². The predicted molar refractivity (Wildman–Crippen MR) is 130 cm³/mol. The molecule has 0 spiro atoms. The van der Waals surface area contributed by atoms with Crippen LogP contribution < -0.4 is 10.2 Å². The number of piperazine rings is 1. The van der Waals surface area contributed by atoms with Gasteiger partial charge in [-0.05, 0) is 58.3 Å². The normalized spacial score (nSPS) is 20.6. The molecule has 0 aliphatic carbocycles. The van der Waals surface area contributed by atoms with Gasteiger partial charge in [-0.1, -0.05) is 18.3 Å². The Balaban J connectivity index is 1.23. The molecule has 2 fully saturated rings. The molecular weight excluding hydrogens is 422 g/mol.